The molecule has 1 aliphatic rings. The van der Waals surface area contributed by atoms with Crippen molar-refractivity contribution in [2.75, 3.05) is 38.0 Å². The number of halogens is 2. The number of amides is 3. The topological polar surface area (TPSA) is 64.7 Å². The van der Waals surface area contributed by atoms with Gasteiger partial charge in [-0.2, -0.15) is 0 Å². The maximum absolute atomic E-state index is 12.9. The Labute approximate surface area is 164 Å². The van der Waals surface area contributed by atoms with Crippen LogP contribution in [0.25, 0.3) is 0 Å². The Hall–Kier alpha value is -1.50. The number of carbonyl (C=O) groups is 2. The van der Waals surface area contributed by atoms with Crippen LogP contribution in [0.15, 0.2) is 18.2 Å². The third-order valence-electron chi connectivity index (χ3n) is 4.55. The molecule has 0 bridgehead atoms. The van der Waals surface area contributed by atoms with E-state index in [1.807, 2.05) is 18.7 Å². The second-order valence-electron chi connectivity index (χ2n) is 6.68. The highest BCUT2D eigenvalue weighted by molar-refractivity contribution is 6.43. The van der Waals surface area contributed by atoms with Crippen molar-refractivity contribution < 1.29 is 9.59 Å². The number of nitrogens with zero attached hydrogens (tertiary/aromatic N) is 2. The number of hydrogen-bond donors (Lipinski definition) is 2. The zero-order valence-corrected chi connectivity index (χ0v) is 16.9. The van der Waals surface area contributed by atoms with Gasteiger partial charge in [0.05, 0.1) is 15.7 Å². The van der Waals surface area contributed by atoms with Crippen LogP contribution in [0.5, 0.6) is 0 Å². The number of likely N-dealkylation sites (N-methyl/N-ethyl adjacent to an activating group) is 1. The lowest BCUT2D eigenvalue weighted by Crippen LogP contribution is -2.56. The van der Waals surface area contributed by atoms with E-state index in [1.165, 1.54) is 0 Å². The van der Waals surface area contributed by atoms with Crippen LogP contribution >= 0.6 is 23.2 Å². The number of anilines is 1. The predicted octanol–water partition coefficient (Wildman–Crippen LogP) is 3.30. The highest BCUT2D eigenvalue weighted by Gasteiger charge is 2.30. The van der Waals surface area contributed by atoms with E-state index < -0.39 is 12.1 Å². The molecule has 1 unspecified atom stereocenters. The zero-order valence-electron chi connectivity index (χ0n) is 15.4. The third-order valence-corrected chi connectivity index (χ3v) is 5.37. The first-order valence-corrected chi connectivity index (χ1v) is 9.61. The van der Waals surface area contributed by atoms with E-state index in [4.69, 9.17) is 23.2 Å². The van der Waals surface area contributed by atoms with E-state index in [2.05, 4.69) is 22.5 Å². The highest BCUT2D eigenvalue weighted by atomic mass is 35.5. The monoisotopic (exact) mass is 400 g/mol. The number of rotatable bonds is 5. The Kier molecular flexibility index (Phi) is 7.55. The van der Waals surface area contributed by atoms with Crippen molar-refractivity contribution in [1.29, 1.82) is 0 Å². The van der Waals surface area contributed by atoms with Gasteiger partial charge in [-0.3, -0.25) is 4.79 Å². The van der Waals surface area contributed by atoms with E-state index in [0.29, 0.717) is 23.8 Å². The average Bonchev–Trinajstić information content (AvgIpc) is 2.63. The molecule has 0 aromatic heterocycles. The summed E-state index contributed by atoms with van der Waals surface area (Å²) in [6, 6.07) is 3.92. The lowest BCUT2D eigenvalue weighted by atomic mass is 10.0. The van der Waals surface area contributed by atoms with Gasteiger partial charge in [-0.1, -0.05) is 50.0 Å². The van der Waals surface area contributed by atoms with Gasteiger partial charge in [0.2, 0.25) is 5.91 Å². The average molecular weight is 401 g/mol. The van der Waals surface area contributed by atoms with Gasteiger partial charge in [-0.25, -0.2) is 4.79 Å². The highest BCUT2D eigenvalue weighted by Crippen LogP contribution is 2.29. The van der Waals surface area contributed by atoms with Crippen molar-refractivity contribution in [1.82, 2.24) is 15.1 Å². The molecular formula is C18H26Cl2N4O2. The first kappa shape index (κ1) is 20.8. The summed E-state index contributed by atoms with van der Waals surface area (Å²) in [7, 11) is 0. The Morgan fingerprint density at radius 3 is 2.38 bits per heavy atom. The van der Waals surface area contributed by atoms with Crippen molar-refractivity contribution in [3.63, 3.8) is 0 Å². The molecule has 2 rings (SSSR count). The van der Waals surface area contributed by atoms with Crippen molar-refractivity contribution >= 4 is 40.8 Å². The van der Waals surface area contributed by atoms with Crippen LogP contribution in [-0.2, 0) is 4.79 Å². The third kappa shape index (κ3) is 5.25. The molecule has 144 valence electrons. The summed E-state index contributed by atoms with van der Waals surface area (Å²) in [5, 5.41) is 6.07. The van der Waals surface area contributed by atoms with Crippen LogP contribution in [0, 0.1) is 5.92 Å². The SMILES string of the molecule is CCN1CCN(C(=O)C(NC(=O)Nc2cccc(Cl)c2Cl)C(C)C)CC1. The molecule has 0 radical (unpaired) electrons. The van der Waals surface area contributed by atoms with Gasteiger partial charge < -0.3 is 20.4 Å². The van der Waals surface area contributed by atoms with Crippen molar-refractivity contribution in [3.05, 3.63) is 28.2 Å². The lowest BCUT2D eigenvalue weighted by Gasteiger charge is -2.36. The number of benzene rings is 1. The lowest BCUT2D eigenvalue weighted by molar-refractivity contribution is -0.136. The molecule has 1 aliphatic heterocycles. The molecule has 2 N–H and O–H groups in total. The first-order valence-electron chi connectivity index (χ1n) is 8.86. The minimum absolute atomic E-state index is 0.0349. The Bertz CT molecular complexity index is 646. The summed E-state index contributed by atoms with van der Waals surface area (Å²) < 4.78 is 0. The second kappa shape index (κ2) is 9.44. The molecule has 1 atom stereocenters. The summed E-state index contributed by atoms with van der Waals surface area (Å²) in [5.74, 6) is -0.0876. The van der Waals surface area contributed by atoms with Gasteiger partial charge in [0, 0.05) is 26.2 Å². The van der Waals surface area contributed by atoms with Crippen LogP contribution < -0.4 is 10.6 Å². The normalized spacial score (nSPS) is 16.5. The van der Waals surface area contributed by atoms with Crippen LogP contribution in [-0.4, -0.2) is 60.5 Å². The molecule has 0 spiro atoms. The maximum atomic E-state index is 12.9. The number of nitrogens with one attached hydrogen (secondary N) is 2. The van der Waals surface area contributed by atoms with Gasteiger partial charge in [0.1, 0.15) is 6.04 Å². The van der Waals surface area contributed by atoms with Gasteiger partial charge in [0.25, 0.3) is 0 Å². The van der Waals surface area contributed by atoms with E-state index in [0.717, 1.165) is 19.6 Å². The van der Waals surface area contributed by atoms with Gasteiger partial charge in [-0.15, -0.1) is 0 Å². The molecule has 6 nitrogen and oxygen atoms in total. The predicted molar refractivity (Wildman–Crippen MR) is 106 cm³/mol. The van der Waals surface area contributed by atoms with Gasteiger partial charge >= 0.3 is 6.03 Å². The summed E-state index contributed by atoms with van der Waals surface area (Å²) >= 11 is 12.1. The van der Waals surface area contributed by atoms with Crippen molar-refractivity contribution in [2.24, 2.45) is 5.92 Å². The quantitative estimate of drug-likeness (QED) is 0.796. The number of carbonyl (C=O) groups excluding carboxylic acids is 2. The van der Waals surface area contributed by atoms with Crippen molar-refractivity contribution in [3.8, 4) is 0 Å². The van der Waals surface area contributed by atoms with E-state index in [-0.39, 0.29) is 16.8 Å². The molecule has 26 heavy (non-hydrogen) atoms. The molecule has 0 aliphatic carbocycles. The van der Waals surface area contributed by atoms with E-state index in [1.54, 1.807) is 18.2 Å². The fourth-order valence-electron chi connectivity index (χ4n) is 2.89. The maximum Gasteiger partial charge on any atom is 0.319 e. The molecule has 3 amide bonds. The van der Waals surface area contributed by atoms with Crippen LogP contribution in [0.3, 0.4) is 0 Å². The summed E-state index contributed by atoms with van der Waals surface area (Å²) in [6.45, 7) is 10.0. The molecule has 1 aromatic rings. The Balaban J connectivity index is 2.00. The van der Waals surface area contributed by atoms with Crippen LogP contribution in [0.2, 0.25) is 10.0 Å². The van der Waals surface area contributed by atoms with Gasteiger partial charge in [0.15, 0.2) is 0 Å². The zero-order chi connectivity index (χ0) is 19.3. The van der Waals surface area contributed by atoms with E-state index in [9.17, 15) is 9.59 Å². The largest absolute Gasteiger partial charge is 0.338 e. The molecule has 1 aromatic carbocycles. The van der Waals surface area contributed by atoms with Crippen molar-refractivity contribution in [2.45, 2.75) is 26.8 Å². The number of hydrogen-bond acceptors (Lipinski definition) is 3. The van der Waals surface area contributed by atoms with E-state index >= 15 is 0 Å². The fourth-order valence-corrected chi connectivity index (χ4v) is 3.24. The number of piperazine rings is 1. The van der Waals surface area contributed by atoms with Crippen LogP contribution in [0.4, 0.5) is 10.5 Å². The molecule has 1 heterocycles. The minimum atomic E-state index is -0.596. The summed E-state index contributed by atoms with van der Waals surface area (Å²) in [5.41, 5.74) is 0.406. The fraction of sp³-hybridized carbons (Fsp3) is 0.556. The summed E-state index contributed by atoms with van der Waals surface area (Å²) in [6.07, 6.45) is 0. The Morgan fingerprint density at radius 2 is 1.81 bits per heavy atom. The smallest absolute Gasteiger partial charge is 0.319 e. The molecule has 1 fully saturated rings. The Morgan fingerprint density at radius 1 is 1.15 bits per heavy atom. The molecule has 8 heteroatoms. The summed E-state index contributed by atoms with van der Waals surface area (Å²) in [4.78, 5) is 29.4. The molecule has 0 saturated carbocycles. The standard InChI is InChI=1S/C18H26Cl2N4O2/c1-4-23-8-10-24(11-9-23)17(25)16(12(2)3)22-18(26)21-14-7-5-6-13(19)15(14)20/h5-7,12,16H,4,8-11H2,1-3H3,(H2,21,22,26). The first-order chi connectivity index (χ1) is 12.3. The van der Waals surface area contributed by atoms with Crippen LogP contribution in [0.1, 0.15) is 20.8 Å². The number of urea groups is 1. The second-order valence-corrected chi connectivity index (χ2v) is 7.47. The molecule has 1 saturated heterocycles. The molecular weight excluding hydrogens is 375 g/mol. The minimum Gasteiger partial charge on any atom is -0.338 e. The van der Waals surface area contributed by atoms with Gasteiger partial charge in [-0.05, 0) is 24.6 Å².